The van der Waals surface area contributed by atoms with Crippen molar-refractivity contribution in [1.29, 1.82) is 0 Å². The van der Waals surface area contributed by atoms with Crippen molar-refractivity contribution in [3.05, 3.63) is 11.6 Å². The number of carbonyl (C=O) groups is 1. The molecule has 8 atom stereocenters. The van der Waals surface area contributed by atoms with Crippen molar-refractivity contribution in [2.75, 3.05) is 33.5 Å². The van der Waals surface area contributed by atoms with Gasteiger partial charge in [0.05, 0.1) is 19.8 Å². The molecule has 0 amide bonds. The molecule has 0 radical (unpaired) electrons. The minimum Gasteiger partial charge on any atom is -0.432 e. The number of hydrogen-bond acceptors (Lipinski definition) is 5. The first-order valence-electron chi connectivity index (χ1n) is 15.8. The van der Waals surface area contributed by atoms with E-state index in [4.69, 9.17) is 18.9 Å². The summed E-state index contributed by atoms with van der Waals surface area (Å²) < 4.78 is 21.3. The predicted octanol–water partition coefficient (Wildman–Crippen LogP) is 8.21. The molecule has 3 saturated carbocycles. The van der Waals surface area contributed by atoms with Gasteiger partial charge >= 0.3 is 6.16 Å². The first kappa shape index (κ1) is 29.9. The van der Waals surface area contributed by atoms with Gasteiger partial charge in [0, 0.05) is 13.5 Å². The summed E-state index contributed by atoms with van der Waals surface area (Å²) in [6.45, 7) is 14.1. The van der Waals surface area contributed by atoms with Crippen LogP contribution in [0, 0.1) is 46.3 Å². The van der Waals surface area contributed by atoms with E-state index in [0.29, 0.717) is 25.2 Å². The second-order valence-corrected chi connectivity index (χ2v) is 14.0. The Kier molecular flexibility index (Phi) is 10.3. The minimum absolute atomic E-state index is 0.0656. The zero-order valence-electron chi connectivity index (χ0n) is 25.3. The Bertz CT molecular complexity index is 807. The number of carbonyl (C=O) groups excluding carboxylic acids is 1. The van der Waals surface area contributed by atoms with Gasteiger partial charge in [-0.2, -0.15) is 0 Å². The number of hydrogen-bond donors (Lipinski definition) is 0. The van der Waals surface area contributed by atoms with Crippen LogP contribution in [0.4, 0.5) is 4.79 Å². The second-order valence-electron chi connectivity index (χ2n) is 14.0. The Morgan fingerprint density at radius 2 is 1.76 bits per heavy atom. The van der Waals surface area contributed by atoms with Gasteiger partial charge in [-0.1, -0.05) is 65.5 Å². The van der Waals surface area contributed by atoms with Gasteiger partial charge < -0.3 is 18.9 Å². The molecule has 0 N–H and O–H groups in total. The van der Waals surface area contributed by atoms with E-state index >= 15 is 0 Å². The lowest BCUT2D eigenvalue weighted by Crippen LogP contribution is -2.51. The van der Waals surface area contributed by atoms with Crippen LogP contribution in [0.5, 0.6) is 0 Å². The molecule has 0 aromatic rings. The summed E-state index contributed by atoms with van der Waals surface area (Å²) >= 11 is 0. The van der Waals surface area contributed by atoms with E-state index in [2.05, 4.69) is 40.7 Å². The molecule has 3 fully saturated rings. The van der Waals surface area contributed by atoms with Crippen LogP contribution in [-0.4, -0.2) is 45.8 Å². The van der Waals surface area contributed by atoms with E-state index in [9.17, 15) is 4.79 Å². The Morgan fingerprint density at radius 1 is 0.974 bits per heavy atom. The van der Waals surface area contributed by atoms with E-state index in [1.807, 2.05) is 0 Å². The SMILES string of the molecule is COCCOCCOC(=O)OC1CC[C@@]2(C)C(=CCC3C2CC[C@@]2(C)C3CC[C@@H]2[C@H](C)CCCC(C)C)C1. The van der Waals surface area contributed by atoms with E-state index in [0.717, 1.165) is 54.8 Å². The fraction of sp³-hybridized carbons (Fsp3) is 0.909. The second kappa shape index (κ2) is 13.1. The lowest BCUT2D eigenvalue weighted by Gasteiger charge is -2.58. The molecule has 218 valence electrons. The topological polar surface area (TPSA) is 54.0 Å². The highest BCUT2D eigenvalue weighted by molar-refractivity contribution is 5.60. The lowest BCUT2D eigenvalue weighted by atomic mass is 9.47. The fourth-order valence-electron chi connectivity index (χ4n) is 9.35. The average molecular weight is 533 g/mol. The molecule has 5 heteroatoms. The van der Waals surface area contributed by atoms with Crippen LogP contribution in [0.25, 0.3) is 0 Å². The summed E-state index contributed by atoms with van der Waals surface area (Å²) in [6.07, 6.45) is 15.9. The third-order valence-electron chi connectivity index (χ3n) is 11.4. The van der Waals surface area contributed by atoms with Gasteiger partial charge in [0.2, 0.25) is 0 Å². The van der Waals surface area contributed by atoms with E-state index < -0.39 is 6.16 Å². The normalized spacial score (nSPS) is 37.1. The van der Waals surface area contributed by atoms with Crippen molar-refractivity contribution in [3.63, 3.8) is 0 Å². The molecule has 0 aromatic heterocycles. The summed E-state index contributed by atoms with van der Waals surface area (Å²) in [5.41, 5.74) is 2.34. The first-order chi connectivity index (χ1) is 18.2. The van der Waals surface area contributed by atoms with Crippen molar-refractivity contribution >= 4 is 6.16 Å². The van der Waals surface area contributed by atoms with Gasteiger partial charge in [-0.3, -0.25) is 0 Å². The maximum absolute atomic E-state index is 12.3. The van der Waals surface area contributed by atoms with Crippen molar-refractivity contribution in [2.24, 2.45) is 46.3 Å². The van der Waals surface area contributed by atoms with Crippen LogP contribution >= 0.6 is 0 Å². The third kappa shape index (κ3) is 6.45. The molecule has 0 aliphatic heterocycles. The molecule has 0 saturated heterocycles. The zero-order valence-corrected chi connectivity index (χ0v) is 25.3. The van der Waals surface area contributed by atoms with Gasteiger partial charge in [-0.05, 0) is 91.3 Å². The molecule has 4 aliphatic carbocycles. The molecular formula is C33H56O5. The smallest absolute Gasteiger partial charge is 0.432 e. The largest absolute Gasteiger partial charge is 0.508 e. The fourth-order valence-corrected chi connectivity index (χ4v) is 9.35. The van der Waals surface area contributed by atoms with Crippen LogP contribution in [0.1, 0.15) is 105 Å². The maximum Gasteiger partial charge on any atom is 0.508 e. The Morgan fingerprint density at radius 3 is 2.53 bits per heavy atom. The molecule has 4 unspecified atom stereocenters. The molecule has 0 heterocycles. The monoisotopic (exact) mass is 532 g/mol. The quantitative estimate of drug-likeness (QED) is 0.144. The molecule has 0 bridgehead atoms. The molecule has 0 spiro atoms. The van der Waals surface area contributed by atoms with Crippen molar-refractivity contribution < 1.29 is 23.7 Å². The lowest BCUT2D eigenvalue weighted by molar-refractivity contribution is -0.0626. The molecule has 4 rings (SSSR count). The minimum atomic E-state index is -0.559. The highest BCUT2D eigenvalue weighted by Gasteiger charge is 2.59. The summed E-state index contributed by atoms with van der Waals surface area (Å²) in [7, 11) is 1.64. The molecular weight excluding hydrogens is 476 g/mol. The van der Waals surface area contributed by atoms with Gasteiger partial charge in [0.25, 0.3) is 0 Å². The van der Waals surface area contributed by atoms with Crippen LogP contribution in [0.15, 0.2) is 11.6 Å². The van der Waals surface area contributed by atoms with E-state index in [-0.39, 0.29) is 18.1 Å². The maximum atomic E-state index is 12.3. The third-order valence-corrected chi connectivity index (χ3v) is 11.4. The van der Waals surface area contributed by atoms with E-state index in [1.165, 1.54) is 51.4 Å². The highest BCUT2D eigenvalue weighted by atomic mass is 16.7. The van der Waals surface area contributed by atoms with E-state index in [1.54, 1.807) is 12.7 Å². The highest BCUT2D eigenvalue weighted by Crippen LogP contribution is 2.67. The first-order valence-corrected chi connectivity index (χ1v) is 15.8. The number of ether oxygens (including phenoxy) is 4. The van der Waals surface area contributed by atoms with Crippen molar-refractivity contribution in [3.8, 4) is 0 Å². The molecule has 4 aliphatic rings. The van der Waals surface area contributed by atoms with Gasteiger partial charge in [-0.25, -0.2) is 4.79 Å². The van der Waals surface area contributed by atoms with Gasteiger partial charge in [0.15, 0.2) is 0 Å². The van der Waals surface area contributed by atoms with Crippen LogP contribution in [-0.2, 0) is 18.9 Å². The Labute approximate surface area is 232 Å². The standard InChI is InChI=1S/C33H56O5/c1-23(2)8-7-9-24(3)28-12-13-29-27-11-10-25-22-26(38-31(34)37-21-20-36-19-18-35-6)14-16-32(25,4)30(27)15-17-33(28,29)5/h10,23-24,26-30H,7-9,11-22H2,1-6H3/t24-,26?,27?,28-,29?,30?,32+,33-/m1/s1. The number of fused-ring (bicyclic) bond motifs is 5. The zero-order chi connectivity index (χ0) is 27.3. The van der Waals surface area contributed by atoms with Crippen LogP contribution < -0.4 is 0 Å². The van der Waals surface area contributed by atoms with Gasteiger partial charge in [-0.15, -0.1) is 0 Å². The summed E-state index contributed by atoms with van der Waals surface area (Å²) in [5.74, 6) is 5.08. The summed E-state index contributed by atoms with van der Waals surface area (Å²) in [4.78, 5) is 12.3. The summed E-state index contributed by atoms with van der Waals surface area (Å²) in [5, 5.41) is 0. The molecule has 38 heavy (non-hydrogen) atoms. The van der Waals surface area contributed by atoms with Crippen LogP contribution in [0.2, 0.25) is 0 Å². The molecule has 5 nitrogen and oxygen atoms in total. The van der Waals surface area contributed by atoms with Gasteiger partial charge in [0.1, 0.15) is 12.7 Å². The predicted molar refractivity (Wildman–Crippen MR) is 152 cm³/mol. The van der Waals surface area contributed by atoms with Crippen LogP contribution in [0.3, 0.4) is 0 Å². The van der Waals surface area contributed by atoms with Crippen molar-refractivity contribution in [1.82, 2.24) is 0 Å². The Balaban J connectivity index is 1.31. The number of allylic oxidation sites excluding steroid dienone is 1. The number of methoxy groups -OCH3 is 1. The average Bonchev–Trinajstić information content (AvgIpc) is 3.23. The molecule has 0 aromatic carbocycles. The Hall–Kier alpha value is -1.07. The van der Waals surface area contributed by atoms with Crippen molar-refractivity contribution in [2.45, 2.75) is 111 Å². The summed E-state index contributed by atoms with van der Waals surface area (Å²) in [6, 6.07) is 0. The number of rotatable bonds is 12.